The molecule has 0 atom stereocenters. The van der Waals surface area contributed by atoms with Crippen molar-refractivity contribution in [3.8, 4) is 17.6 Å². The molecule has 0 N–H and O–H groups in total. The highest BCUT2D eigenvalue weighted by Gasteiger charge is 2.09. The van der Waals surface area contributed by atoms with Crippen molar-refractivity contribution in [3.63, 3.8) is 0 Å². The Morgan fingerprint density at radius 3 is 2.57 bits per heavy atom. The molecule has 0 unspecified atom stereocenters. The van der Waals surface area contributed by atoms with Crippen LogP contribution in [0.25, 0.3) is 11.6 Å². The van der Waals surface area contributed by atoms with E-state index in [0.29, 0.717) is 22.1 Å². The molecule has 3 rings (SSSR count). The van der Waals surface area contributed by atoms with Crippen molar-refractivity contribution >= 4 is 29.2 Å². The number of hydrogen-bond acceptors (Lipinski definition) is 4. The summed E-state index contributed by atoms with van der Waals surface area (Å²) in [7, 11) is 0. The molecule has 0 fully saturated rings. The van der Waals surface area contributed by atoms with Crippen molar-refractivity contribution in [2.75, 3.05) is 6.61 Å². The van der Waals surface area contributed by atoms with E-state index in [0.717, 1.165) is 22.3 Å². The maximum absolute atomic E-state index is 12.2. The summed E-state index contributed by atoms with van der Waals surface area (Å²) < 4.78 is 11.0. The van der Waals surface area contributed by atoms with Crippen molar-refractivity contribution in [1.82, 2.24) is 0 Å². The van der Waals surface area contributed by atoms with Gasteiger partial charge in [0, 0.05) is 5.02 Å². The zero-order valence-corrected chi connectivity index (χ0v) is 17.4. The number of benzene rings is 3. The second kappa shape index (κ2) is 9.78. The molecule has 0 aromatic heterocycles. The Hall–Kier alpha value is -3.55. The summed E-state index contributed by atoms with van der Waals surface area (Å²) in [6.07, 6.45) is 1.73. The topological polar surface area (TPSA) is 59.3 Å². The Morgan fingerprint density at radius 1 is 1.07 bits per heavy atom. The van der Waals surface area contributed by atoms with E-state index in [1.54, 1.807) is 48.5 Å². The summed E-state index contributed by atoms with van der Waals surface area (Å²) in [5, 5.41) is 10.1. The molecule has 5 heteroatoms. The Labute approximate surface area is 180 Å². The number of aryl methyl sites for hydroxylation is 2. The highest BCUT2D eigenvalue weighted by atomic mass is 35.5. The van der Waals surface area contributed by atoms with E-state index in [2.05, 4.69) is 6.07 Å². The number of nitrogens with zero attached hydrogens (tertiary/aromatic N) is 1. The number of ether oxygens (including phenoxy) is 2. The Balaban J connectivity index is 1.69. The average molecular weight is 418 g/mol. The second-order valence-electron chi connectivity index (χ2n) is 6.78. The largest absolute Gasteiger partial charge is 0.482 e. The van der Waals surface area contributed by atoms with Gasteiger partial charge in [-0.05, 0) is 72.5 Å². The lowest BCUT2D eigenvalue weighted by Crippen LogP contribution is -2.18. The van der Waals surface area contributed by atoms with Gasteiger partial charge in [-0.1, -0.05) is 48.0 Å². The molecule has 0 aliphatic rings. The summed E-state index contributed by atoms with van der Waals surface area (Å²) in [5.41, 5.74) is 3.98. The third-order valence-electron chi connectivity index (χ3n) is 4.37. The van der Waals surface area contributed by atoms with Crippen LogP contribution >= 0.6 is 11.6 Å². The van der Waals surface area contributed by atoms with Crippen LogP contribution in [0.2, 0.25) is 5.02 Å². The van der Waals surface area contributed by atoms with E-state index < -0.39 is 5.97 Å². The van der Waals surface area contributed by atoms with Crippen LogP contribution in [0.4, 0.5) is 0 Å². The van der Waals surface area contributed by atoms with Gasteiger partial charge in [-0.3, -0.25) is 0 Å². The van der Waals surface area contributed by atoms with Gasteiger partial charge < -0.3 is 9.47 Å². The number of rotatable bonds is 6. The molecule has 0 bridgehead atoms. The molecular weight excluding hydrogens is 398 g/mol. The Bertz CT molecular complexity index is 1130. The van der Waals surface area contributed by atoms with E-state index in [1.807, 2.05) is 38.1 Å². The highest BCUT2D eigenvalue weighted by molar-refractivity contribution is 6.30. The summed E-state index contributed by atoms with van der Waals surface area (Å²) in [6.45, 7) is 3.69. The van der Waals surface area contributed by atoms with Gasteiger partial charge in [-0.15, -0.1) is 0 Å². The lowest BCUT2D eigenvalue weighted by Gasteiger charge is -2.10. The molecule has 4 nitrogen and oxygen atoms in total. The van der Waals surface area contributed by atoms with Crippen molar-refractivity contribution in [2.24, 2.45) is 0 Å². The fourth-order valence-electron chi connectivity index (χ4n) is 2.80. The number of carbonyl (C=O) groups is 1. The maximum atomic E-state index is 12.2. The first-order valence-corrected chi connectivity index (χ1v) is 9.71. The summed E-state index contributed by atoms with van der Waals surface area (Å²) >= 11 is 5.91. The molecule has 0 heterocycles. The molecule has 30 heavy (non-hydrogen) atoms. The summed E-state index contributed by atoms with van der Waals surface area (Å²) in [4.78, 5) is 12.2. The molecule has 3 aromatic carbocycles. The van der Waals surface area contributed by atoms with Gasteiger partial charge in [-0.2, -0.15) is 5.26 Å². The first kappa shape index (κ1) is 21.2. The minimum absolute atomic E-state index is 0.196. The highest BCUT2D eigenvalue weighted by Crippen LogP contribution is 2.23. The first-order chi connectivity index (χ1) is 14.4. The number of esters is 1. The van der Waals surface area contributed by atoms with Crippen molar-refractivity contribution in [2.45, 2.75) is 13.8 Å². The number of hydrogen-bond donors (Lipinski definition) is 0. The van der Waals surface area contributed by atoms with E-state index in [1.165, 1.54) is 0 Å². The van der Waals surface area contributed by atoms with E-state index >= 15 is 0 Å². The SMILES string of the molecule is Cc1ccc(C)c(OCC(=O)Oc2cccc(/C=C(/C#N)c3ccc(Cl)cc3)c2)c1. The molecule has 0 spiro atoms. The summed E-state index contributed by atoms with van der Waals surface area (Å²) in [6, 6.07) is 22.0. The van der Waals surface area contributed by atoms with E-state index in [4.69, 9.17) is 21.1 Å². The van der Waals surface area contributed by atoms with Crippen molar-refractivity contribution in [3.05, 3.63) is 94.0 Å². The lowest BCUT2D eigenvalue weighted by atomic mass is 10.0. The molecule has 0 amide bonds. The van der Waals surface area contributed by atoms with Gasteiger partial charge in [0.25, 0.3) is 0 Å². The third kappa shape index (κ3) is 5.73. The predicted octanol–water partition coefficient (Wildman–Crippen LogP) is 6.01. The second-order valence-corrected chi connectivity index (χ2v) is 7.22. The summed E-state index contributed by atoms with van der Waals surface area (Å²) in [5.74, 6) is 0.534. The van der Waals surface area contributed by atoms with Crippen LogP contribution < -0.4 is 9.47 Å². The normalized spacial score (nSPS) is 10.9. The molecule has 0 aliphatic carbocycles. The number of allylic oxidation sites excluding steroid dienone is 1. The molecular formula is C25H20ClNO3. The standard InChI is InChI=1S/C25H20ClNO3/c1-17-6-7-18(2)24(12-17)29-16-25(28)30-23-5-3-4-19(14-23)13-21(15-27)20-8-10-22(26)11-9-20/h3-14H,16H2,1-2H3/b21-13-. The monoisotopic (exact) mass is 417 g/mol. The van der Waals surface area contributed by atoms with Crippen LogP contribution in [0.3, 0.4) is 0 Å². The molecule has 0 saturated heterocycles. The van der Waals surface area contributed by atoms with Crippen molar-refractivity contribution in [1.29, 1.82) is 5.26 Å². The van der Waals surface area contributed by atoms with E-state index in [9.17, 15) is 10.1 Å². The van der Waals surface area contributed by atoms with Gasteiger partial charge in [0.05, 0.1) is 11.6 Å². The van der Waals surface area contributed by atoms with Gasteiger partial charge in [0.2, 0.25) is 0 Å². The smallest absolute Gasteiger partial charge is 0.349 e. The molecule has 3 aromatic rings. The van der Waals surface area contributed by atoms with Gasteiger partial charge in [0.1, 0.15) is 11.5 Å². The van der Waals surface area contributed by atoms with Gasteiger partial charge in [0.15, 0.2) is 6.61 Å². The number of nitriles is 1. The van der Waals surface area contributed by atoms with Crippen LogP contribution in [0, 0.1) is 25.2 Å². The zero-order chi connectivity index (χ0) is 21.5. The number of halogens is 1. The van der Waals surface area contributed by atoms with Crippen molar-refractivity contribution < 1.29 is 14.3 Å². The molecule has 0 saturated carbocycles. The van der Waals surface area contributed by atoms with Crippen LogP contribution in [-0.2, 0) is 4.79 Å². The third-order valence-corrected chi connectivity index (χ3v) is 4.62. The van der Waals surface area contributed by atoms with Crippen LogP contribution in [0.1, 0.15) is 22.3 Å². The quantitative estimate of drug-likeness (QED) is 0.213. The van der Waals surface area contributed by atoms with Crippen LogP contribution in [0.5, 0.6) is 11.5 Å². The van der Waals surface area contributed by atoms with Crippen LogP contribution in [0.15, 0.2) is 66.7 Å². The molecule has 0 radical (unpaired) electrons. The lowest BCUT2D eigenvalue weighted by molar-refractivity contribution is -0.136. The van der Waals surface area contributed by atoms with Gasteiger partial charge in [-0.25, -0.2) is 4.79 Å². The van der Waals surface area contributed by atoms with E-state index in [-0.39, 0.29) is 6.61 Å². The molecule has 150 valence electrons. The number of carbonyl (C=O) groups excluding carboxylic acids is 1. The Kier molecular flexibility index (Phi) is 6.90. The zero-order valence-electron chi connectivity index (χ0n) is 16.7. The predicted molar refractivity (Wildman–Crippen MR) is 118 cm³/mol. The maximum Gasteiger partial charge on any atom is 0.349 e. The first-order valence-electron chi connectivity index (χ1n) is 9.33. The molecule has 0 aliphatic heterocycles. The fraction of sp³-hybridized carbons (Fsp3) is 0.120. The fourth-order valence-corrected chi connectivity index (χ4v) is 2.93. The average Bonchev–Trinajstić information content (AvgIpc) is 2.73. The van der Waals surface area contributed by atoms with Crippen LogP contribution in [-0.4, -0.2) is 12.6 Å². The Morgan fingerprint density at radius 2 is 1.83 bits per heavy atom. The van der Waals surface area contributed by atoms with Gasteiger partial charge >= 0.3 is 5.97 Å². The minimum Gasteiger partial charge on any atom is -0.482 e. The minimum atomic E-state index is -0.504.